The fourth-order valence-corrected chi connectivity index (χ4v) is 6.01. The van der Waals surface area contributed by atoms with Gasteiger partial charge in [-0.3, -0.25) is 4.79 Å². The first kappa shape index (κ1) is 15.5. The Morgan fingerprint density at radius 3 is 2.61 bits per heavy atom. The molecule has 23 heavy (non-hydrogen) atoms. The van der Waals surface area contributed by atoms with Crippen LogP contribution in [0.5, 0.6) is 0 Å². The van der Waals surface area contributed by atoms with Crippen molar-refractivity contribution >= 4 is 23.2 Å². The number of amides is 1. The van der Waals surface area contributed by atoms with Gasteiger partial charge in [0.05, 0.1) is 5.60 Å². The van der Waals surface area contributed by atoms with E-state index >= 15 is 0 Å². The molecule has 0 aromatic heterocycles. The molecule has 1 amide bonds. The number of rotatable bonds is 3. The largest absolute Gasteiger partial charge is 0.390 e. The van der Waals surface area contributed by atoms with Crippen molar-refractivity contribution in [2.45, 2.75) is 57.5 Å². The molecule has 4 heteroatoms. The highest BCUT2D eigenvalue weighted by Crippen LogP contribution is 2.62. The van der Waals surface area contributed by atoms with Crippen LogP contribution in [0.1, 0.15) is 50.5 Å². The van der Waals surface area contributed by atoms with E-state index in [-0.39, 0.29) is 11.3 Å². The summed E-state index contributed by atoms with van der Waals surface area (Å²) in [5.74, 6) is 1.28. The Balaban J connectivity index is 1.47. The van der Waals surface area contributed by atoms with Crippen LogP contribution in [0.25, 0.3) is 0 Å². The van der Waals surface area contributed by atoms with E-state index < -0.39 is 5.60 Å². The lowest BCUT2D eigenvalue weighted by molar-refractivity contribution is -0.167. The van der Waals surface area contributed by atoms with E-state index in [2.05, 4.69) is 5.32 Å². The van der Waals surface area contributed by atoms with Crippen LogP contribution in [0, 0.1) is 24.2 Å². The molecule has 124 valence electrons. The van der Waals surface area contributed by atoms with Crippen molar-refractivity contribution in [3.05, 3.63) is 28.8 Å². The number of hydrogen-bond donors (Lipinski definition) is 2. The summed E-state index contributed by atoms with van der Waals surface area (Å²) < 4.78 is 0. The van der Waals surface area contributed by atoms with Gasteiger partial charge in [-0.15, -0.1) is 0 Å². The maximum absolute atomic E-state index is 12.6. The molecule has 5 rings (SSSR count). The highest BCUT2D eigenvalue weighted by molar-refractivity contribution is 6.31. The molecular weight excluding hydrogens is 310 g/mol. The van der Waals surface area contributed by atoms with Crippen LogP contribution in [0.2, 0.25) is 5.02 Å². The normalized spacial score (nSPS) is 37.9. The first-order valence-electron chi connectivity index (χ1n) is 8.63. The average Bonchev–Trinajstić information content (AvgIpc) is 2.39. The van der Waals surface area contributed by atoms with Crippen molar-refractivity contribution < 1.29 is 9.90 Å². The minimum Gasteiger partial charge on any atom is -0.390 e. The zero-order valence-corrected chi connectivity index (χ0v) is 14.3. The lowest BCUT2D eigenvalue weighted by Gasteiger charge is -2.60. The topological polar surface area (TPSA) is 49.3 Å². The van der Waals surface area contributed by atoms with Crippen molar-refractivity contribution in [3.8, 4) is 0 Å². The molecule has 1 aromatic rings. The van der Waals surface area contributed by atoms with E-state index in [4.69, 9.17) is 11.6 Å². The van der Waals surface area contributed by atoms with Crippen LogP contribution in [0.3, 0.4) is 0 Å². The molecule has 0 spiro atoms. The van der Waals surface area contributed by atoms with Crippen molar-refractivity contribution in [1.29, 1.82) is 0 Å². The van der Waals surface area contributed by atoms with E-state index in [1.165, 1.54) is 6.42 Å². The van der Waals surface area contributed by atoms with E-state index in [0.29, 0.717) is 23.3 Å². The molecule has 1 aromatic carbocycles. The number of aryl methyl sites for hydroxylation is 1. The highest BCUT2D eigenvalue weighted by Gasteiger charge is 2.57. The van der Waals surface area contributed by atoms with Crippen LogP contribution in [-0.4, -0.2) is 16.6 Å². The molecule has 4 fully saturated rings. The number of halogens is 1. The van der Waals surface area contributed by atoms with Crippen LogP contribution >= 0.6 is 11.6 Å². The fourth-order valence-electron chi connectivity index (χ4n) is 5.83. The number of anilines is 1. The smallest absolute Gasteiger partial charge is 0.224 e. The lowest BCUT2D eigenvalue weighted by atomic mass is 9.47. The lowest BCUT2D eigenvalue weighted by Crippen LogP contribution is -2.56. The molecule has 4 aliphatic rings. The fraction of sp³-hybridized carbons (Fsp3) is 0.632. The SMILES string of the molecule is Cc1ccc(NC(=O)CC23C[C@@H]4C[C@@H](CC(O)(C4)C2)C3)cc1Cl. The van der Waals surface area contributed by atoms with Gasteiger partial charge in [-0.05, 0) is 80.4 Å². The molecular formula is C19H24ClNO2. The van der Waals surface area contributed by atoms with Crippen molar-refractivity contribution in [2.75, 3.05) is 5.32 Å². The third kappa shape index (κ3) is 2.89. The predicted octanol–water partition coefficient (Wildman–Crippen LogP) is 4.31. The molecule has 0 heterocycles. The molecule has 3 nitrogen and oxygen atoms in total. The van der Waals surface area contributed by atoms with Gasteiger partial charge in [-0.1, -0.05) is 17.7 Å². The molecule has 0 aliphatic heterocycles. The van der Waals surface area contributed by atoms with Gasteiger partial charge in [-0.2, -0.15) is 0 Å². The predicted molar refractivity (Wildman–Crippen MR) is 91.5 cm³/mol. The number of nitrogens with one attached hydrogen (secondary N) is 1. The Morgan fingerprint density at radius 2 is 2.00 bits per heavy atom. The summed E-state index contributed by atoms with van der Waals surface area (Å²) in [5, 5.41) is 14.5. The second-order valence-corrected chi connectivity index (χ2v) is 8.78. The van der Waals surface area contributed by atoms with Crippen LogP contribution in [-0.2, 0) is 4.79 Å². The second-order valence-electron chi connectivity index (χ2n) is 8.37. The Hall–Kier alpha value is -1.06. The monoisotopic (exact) mass is 333 g/mol. The quantitative estimate of drug-likeness (QED) is 0.866. The summed E-state index contributed by atoms with van der Waals surface area (Å²) in [7, 11) is 0. The summed E-state index contributed by atoms with van der Waals surface area (Å²) in [6.07, 6.45) is 6.67. The van der Waals surface area contributed by atoms with E-state index in [0.717, 1.165) is 43.4 Å². The van der Waals surface area contributed by atoms with Gasteiger partial charge in [0, 0.05) is 17.1 Å². The van der Waals surface area contributed by atoms with Crippen molar-refractivity contribution in [1.82, 2.24) is 0 Å². The third-order valence-corrected chi connectivity index (χ3v) is 6.55. The second kappa shape index (κ2) is 5.22. The van der Waals surface area contributed by atoms with Gasteiger partial charge in [0.1, 0.15) is 0 Å². The number of carbonyl (C=O) groups is 1. The average molecular weight is 334 g/mol. The zero-order chi connectivity index (χ0) is 16.2. The molecule has 4 atom stereocenters. The van der Waals surface area contributed by atoms with E-state index in [1.54, 1.807) is 0 Å². The first-order valence-corrected chi connectivity index (χ1v) is 9.01. The molecule has 0 radical (unpaired) electrons. The summed E-state index contributed by atoms with van der Waals surface area (Å²) in [6.45, 7) is 1.95. The Bertz CT molecular complexity index is 643. The Labute approximate surface area is 142 Å². The minimum atomic E-state index is -0.502. The Kier molecular flexibility index (Phi) is 3.51. The van der Waals surface area contributed by atoms with Gasteiger partial charge in [0.15, 0.2) is 0 Å². The summed E-state index contributed by atoms with van der Waals surface area (Å²) in [4.78, 5) is 12.6. The third-order valence-electron chi connectivity index (χ3n) is 6.14. The molecule has 2 N–H and O–H groups in total. The van der Waals surface area contributed by atoms with Crippen molar-refractivity contribution in [2.24, 2.45) is 17.3 Å². The summed E-state index contributed by atoms with van der Waals surface area (Å²) in [5.41, 5.74) is 1.27. The van der Waals surface area contributed by atoms with E-state index in [9.17, 15) is 9.90 Å². The van der Waals surface area contributed by atoms with E-state index in [1.807, 2.05) is 25.1 Å². The molecule has 4 saturated carbocycles. The van der Waals surface area contributed by atoms with Crippen LogP contribution in [0.4, 0.5) is 5.69 Å². The molecule has 0 saturated heterocycles. The molecule has 2 unspecified atom stereocenters. The number of benzene rings is 1. The number of carbonyl (C=O) groups excluding carboxylic acids is 1. The maximum Gasteiger partial charge on any atom is 0.224 e. The molecule has 4 aliphatic carbocycles. The standard InChI is InChI=1S/C19H24ClNO2/c1-12-2-3-15(5-16(12)20)21-17(22)10-18-6-13-4-14(7-18)9-19(23,8-13)11-18/h2-3,5,13-14,23H,4,6-11H2,1H3,(H,21,22)/t13-,14+,18?,19?. The number of hydrogen-bond acceptors (Lipinski definition) is 2. The van der Waals surface area contributed by atoms with Crippen molar-refractivity contribution in [3.63, 3.8) is 0 Å². The maximum atomic E-state index is 12.6. The van der Waals surface area contributed by atoms with Gasteiger partial charge in [0.25, 0.3) is 0 Å². The molecule has 4 bridgehead atoms. The first-order chi connectivity index (χ1) is 10.8. The van der Waals surface area contributed by atoms with Gasteiger partial charge in [0.2, 0.25) is 5.91 Å². The Morgan fingerprint density at radius 1 is 1.30 bits per heavy atom. The van der Waals surface area contributed by atoms with Gasteiger partial charge in [-0.25, -0.2) is 0 Å². The van der Waals surface area contributed by atoms with Gasteiger partial charge >= 0.3 is 0 Å². The van der Waals surface area contributed by atoms with Gasteiger partial charge < -0.3 is 10.4 Å². The minimum absolute atomic E-state index is 0.0113. The highest BCUT2D eigenvalue weighted by atomic mass is 35.5. The zero-order valence-electron chi connectivity index (χ0n) is 13.6. The summed E-state index contributed by atoms with van der Waals surface area (Å²) >= 11 is 6.13. The van der Waals surface area contributed by atoms with Crippen LogP contribution in [0.15, 0.2) is 18.2 Å². The van der Waals surface area contributed by atoms with Crippen LogP contribution < -0.4 is 5.32 Å². The summed E-state index contributed by atoms with van der Waals surface area (Å²) in [6, 6.07) is 5.62. The number of aliphatic hydroxyl groups is 1.